The lowest BCUT2D eigenvalue weighted by Crippen LogP contribution is -2.40. The van der Waals surface area contributed by atoms with Gasteiger partial charge in [0.15, 0.2) is 0 Å². The second-order valence-corrected chi connectivity index (χ2v) is 6.27. The molecule has 1 aromatic rings. The molecule has 0 fully saturated rings. The van der Waals surface area contributed by atoms with E-state index < -0.39 is 10.2 Å². The number of amides is 1. The van der Waals surface area contributed by atoms with Crippen LogP contribution in [0.1, 0.15) is 15.9 Å². The molecule has 0 aliphatic heterocycles. The Morgan fingerprint density at radius 1 is 1.16 bits per heavy atom. The molecule has 1 aromatic carbocycles. The quantitative estimate of drug-likeness (QED) is 0.729. The van der Waals surface area contributed by atoms with E-state index in [0.29, 0.717) is 5.56 Å². The molecule has 19 heavy (non-hydrogen) atoms. The van der Waals surface area contributed by atoms with Crippen molar-refractivity contribution in [1.29, 1.82) is 0 Å². The van der Waals surface area contributed by atoms with Crippen LogP contribution in [0.5, 0.6) is 0 Å². The number of hydrogen-bond acceptors (Lipinski definition) is 3. The second kappa shape index (κ2) is 6.65. The largest absolute Gasteiger partial charge is 0.351 e. The summed E-state index contributed by atoms with van der Waals surface area (Å²) >= 11 is 0. The van der Waals surface area contributed by atoms with E-state index in [4.69, 9.17) is 0 Å². The molecule has 6 nitrogen and oxygen atoms in total. The lowest BCUT2D eigenvalue weighted by Gasteiger charge is -2.12. The Hall–Kier alpha value is -1.44. The summed E-state index contributed by atoms with van der Waals surface area (Å²) in [7, 11) is -0.559. The lowest BCUT2D eigenvalue weighted by atomic mass is 10.1. The standard InChI is InChI=1S/C12H19N3O3S/c1-10-4-6-11(7-5-10)12(16)13-8-9-14-19(17,18)15(2)3/h4-7,14H,8-9H2,1-3H3,(H,13,16). The van der Waals surface area contributed by atoms with E-state index in [-0.39, 0.29) is 19.0 Å². The van der Waals surface area contributed by atoms with Crippen molar-refractivity contribution in [2.24, 2.45) is 0 Å². The zero-order chi connectivity index (χ0) is 14.5. The summed E-state index contributed by atoms with van der Waals surface area (Å²) in [5.41, 5.74) is 1.64. The van der Waals surface area contributed by atoms with Gasteiger partial charge in [-0.3, -0.25) is 4.79 Å². The minimum atomic E-state index is -3.43. The van der Waals surface area contributed by atoms with Crippen LogP contribution < -0.4 is 10.0 Å². The van der Waals surface area contributed by atoms with Crippen LogP contribution in [0.2, 0.25) is 0 Å². The van der Waals surface area contributed by atoms with Crippen LogP contribution in [-0.2, 0) is 10.2 Å². The highest BCUT2D eigenvalue weighted by Gasteiger charge is 2.11. The van der Waals surface area contributed by atoms with Crippen molar-refractivity contribution < 1.29 is 13.2 Å². The summed E-state index contributed by atoms with van der Waals surface area (Å²) in [6, 6.07) is 7.16. The molecular formula is C12H19N3O3S. The Morgan fingerprint density at radius 2 is 1.74 bits per heavy atom. The predicted octanol–water partition coefficient (Wildman–Crippen LogP) is 0.121. The molecule has 0 aliphatic carbocycles. The van der Waals surface area contributed by atoms with E-state index >= 15 is 0 Å². The molecule has 0 unspecified atom stereocenters. The molecule has 0 heterocycles. The second-order valence-electron chi connectivity index (χ2n) is 4.30. The summed E-state index contributed by atoms with van der Waals surface area (Å²) in [6.07, 6.45) is 0. The Bertz CT molecular complexity index is 524. The van der Waals surface area contributed by atoms with Gasteiger partial charge in [0.25, 0.3) is 16.1 Å². The molecule has 1 rings (SSSR count). The number of carbonyl (C=O) groups is 1. The zero-order valence-electron chi connectivity index (χ0n) is 11.3. The summed E-state index contributed by atoms with van der Waals surface area (Å²) in [5.74, 6) is -0.218. The zero-order valence-corrected chi connectivity index (χ0v) is 12.1. The molecule has 1 amide bonds. The fourth-order valence-corrected chi connectivity index (χ4v) is 1.91. The highest BCUT2D eigenvalue weighted by atomic mass is 32.2. The Kier molecular flexibility index (Phi) is 5.46. The maximum absolute atomic E-state index is 11.7. The van der Waals surface area contributed by atoms with E-state index in [0.717, 1.165) is 9.87 Å². The van der Waals surface area contributed by atoms with E-state index in [2.05, 4.69) is 10.0 Å². The smallest absolute Gasteiger partial charge is 0.278 e. The summed E-state index contributed by atoms with van der Waals surface area (Å²) < 4.78 is 26.2. The van der Waals surface area contributed by atoms with Gasteiger partial charge in [-0.1, -0.05) is 17.7 Å². The third-order valence-corrected chi connectivity index (χ3v) is 4.02. The monoisotopic (exact) mass is 285 g/mol. The van der Waals surface area contributed by atoms with Crippen LogP contribution >= 0.6 is 0 Å². The van der Waals surface area contributed by atoms with Crippen LogP contribution in [0.15, 0.2) is 24.3 Å². The number of rotatable bonds is 6. The fraction of sp³-hybridized carbons (Fsp3) is 0.417. The van der Waals surface area contributed by atoms with Crippen molar-refractivity contribution in [1.82, 2.24) is 14.3 Å². The Balaban J connectivity index is 2.38. The molecule has 0 saturated heterocycles. The topological polar surface area (TPSA) is 78.5 Å². The molecule has 7 heteroatoms. The fourth-order valence-electron chi connectivity index (χ4n) is 1.29. The van der Waals surface area contributed by atoms with Gasteiger partial charge >= 0.3 is 0 Å². The van der Waals surface area contributed by atoms with Crippen molar-refractivity contribution in [3.8, 4) is 0 Å². The van der Waals surface area contributed by atoms with Crippen molar-refractivity contribution in [2.75, 3.05) is 27.2 Å². The van der Waals surface area contributed by atoms with Gasteiger partial charge in [-0.15, -0.1) is 0 Å². The highest BCUT2D eigenvalue weighted by Crippen LogP contribution is 2.02. The number of aryl methyl sites for hydroxylation is 1. The maximum Gasteiger partial charge on any atom is 0.278 e. The minimum Gasteiger partial charge on any atom is -0.351 e. The van der Waals surface area contributed by atoms with Gasteiger partial charge in [-0.05, 0) is 19.1 Å². The Labute approximate surface area is 114 Å². The maximum atomic E-state index is 11.7. The first-order valence-electron chi connectivity index (χ1n) is 5.85. The molecule has 0 radical (unpaired) electrons. The van der Waals surface area contributed by atoms with Crippen LogP contribution in [-0.4, -0.2) is 45.8 Å². The van der Waals surface area contributed by atoms with E-state index in [1.807, 2.05) is 19.1 Å². The molecule has 2 N–H and O–H groups in total. The normalized spacial score (nSPS) is 11.6. The van der Waals surface area contributed by atoms with Gasteiger partial charge in [0.05, 0.1) is 0 Å². The average molecular weight is 285 g/mol. The van der Waals surface area contributed by atoms with Gasteiger partial charge < -0.3 is 5.32 Å². The molecular weight excluding hydrogens is 266 g/mol. The van der Waals surface area contributed by atoms with Crippen LogP contribution in [0.3, 0.4) is 0 Å². The van der Waals surface area contributed by atoms with Gasteiger partial charge in [0.2, 0.25) is 0 Å². The third-order valence-electron chi connectivity index (χ3n) is 2.49. The van der Waals surface area contributed by atoms with Crippen molar-refractivity contribution >= 4 is 16.1 Å². The van der Waals surface area contributed by atoms with Gasteiger partial charge in [0.1, 0.15) is 0 Å². The van der Waals surface area contributed by atoms with E-state index in [1.165, 1.54) is 14.1 Å². The van der Waals surface area contributed by atoms with Crippen LogP contribution in [0.4, 0.5) is 0 Å². The van der Waals surface area contributed by atoms with Crippen LogP contribution in [0.25, 0.3) is 0 Å². The van der Waals surface area contributed by atoms with Crippen LogP contribution in [0, 0.1) is 6.92 Å². The van der Waals surface area contributed by atoms with E-state index in [1.54, 1.807) is 12.1 Å². The highest BCUT2D eigenvalue weighted by molar-refractivity contribution is 7.87. The molecule has 0 aromatic heterocycles. The van der Waals surface area contributed by atoms with E-state index in [9.17, 15) is 13.2 Å². The molecule has 0 bridgehead atoms. The minimum absolute atomic E-state index is 0.151. The molecule has 0 spiro atoms. The number of hydrogen-bond donors (Lipinski definition) is 2. The van der Waals surface area contributed by atoms with Gasteiger partial charge in [0, 0.05) is 32.7 Å². The number of benzene rings is 1. The first-order chi connectivity index (χ1) is 8.83. The molecule has 0 saturated carbocycles. The SMILES string of the molecule is Cc1ccc(C(=O)NCCNS(=O)(=O)N(C)C)cc1. The van der Waals surface area contributed by atoms with Crippen molar-refractivity contribution in [3.63, 3.8) is 0 Å². The summed E-state index contributed by atoms with van der Waals surface area (Å²) in [4.78, 5) is 11.7. The van der Waals surface area contributed by atoms with Crippen molar-refractivity contribution in [2.45, 2.75) is 6.92 Å². The first kappa shape index (κ1) is 15.6. The Morgan fingerprint density at radius 3 is 2.26 bits per heavy atom. The lowest BCUT2D eigenvalue weighted by molar-refractivity contribution is 0.0954. The summed E-state index contributed by atoms with van der Waals surface area (Å²) in [5, 5.41) is 2.65. The van der Waals surface area contributed by atoms with Gasteiger partial charge in [-0.2, -0.15) is 12.7 Å². The first-order valence-corrected chi connectivity index (χ1v) is 7.29. The predicted molar refractivity (Wildman–Crippen MR) is 74.1 cm³/mol. The number of nitrogens with zero attached hydrogens (tertiary/aromatic N) is 1. The number of nitrogens with one attached hydrogen (secondary N) is 2. The average Bonchev–Trinajstić information content (AvgIpc) is 2.35. The molecule has 0 atom stereocenters. The van der Waals surface area contributed by atoms with Crippen molar-refractivity contribution in [3.05, 3.63) is 35.4 Å². The molecule has 106 valence electrons. The number of carbonyl (C=O) groups excluding carboxylic acids is 1. The molecule has 0 aliphatic rings. The summed E-state index contributed by atoms with van der Waals surface area (Å²) in [6.45, 7) is 2.33. The third kappa shape index (κ3) is 4.98. The van der Waals surface area contributed by atoms with Gasteiger partial charge in [-0.25, -0.2) is 4.72 Å².